The van der Waals surface area contributed by atoms with E-state index in [1.54, 1.807) is 0 Å². The molecule has 2 unspecified atom stereocenters. The summed E-state index contributed by atoms with van der Waals surface area (Å²) in [6.45, 7) is 5.87. The van der Waals surface area contributed by atoms with E-state index < -0.39 is 12.0 Å². The highest BCUT2D eigenvalue weighted by molar-refractivity contribution is 5.73. The molecule has 0 bridgehead atoms. The number of nitrogens with zero attached hydrogens (tertiary/aromatic N) is 2. The number of likely N-dealkylation sites (tertiary alicyclic amines) is 1. The first-order valence-corrected chi connectivity index (χ1v) is 7.39. The highest BCUT2D eigenvalue weighted by atomic mass is 16.4. The van der Waals surface area contributed by atoms with E-state index in [0.717, 1.165) is 32.6 Å². The van der Waals surface area contributed by atoms with Gasteiger partial charge in [-0.15, -0.1) is 0 Å². The molecule has 1 heterocycles. The van der Waals surface area contributed by atoms with Crippen molar-refractivity contribution in [2.24, 2.45) is 0 Å². The third-order valence-corrected chi connectivity index (χ3v) is 3.88. The van der Waals surface area contributed by atoms with E-state index in [1.807, 2.05) is 0 Å². The molecule has 0 aliphatic carbocycles. The summed E-state index contributed by atoms with van der Waals surface area (Å²) < 4.78 is 0. The molecular formula is C14H29N3O2. The Morgan fingerprint density at radius 1 is 1.53 bits per heavy atom. The van der Waals surface area contributed by atoms with E-state index >= 15 is 0 Å². The molecule has 1 saturated heterocycles. The lowest BCUT2D eigenvalue weighted by Gasteiger charge is -2.36. The summed E-state index contributed by atoms with van der Waals surface area (Å²) in [6, 6.07) is 0.209. The van der Waals surface area contributed by atoms with Crippen molar-refractivity contribution in [3.63, 3.8) is 0 Å². The zero-order valence-electron chi connectivity index (χ0n) is 12.6. The van der Waals surface area contributed by atoms with Crippen LogP contribution in [0.1, 0.15) is 32.6 Å². The summed E-state index contributed by atoms with van der Waals surface area (Å²) in [7, 11) is 4.24. The molecule has 0 aromatic carbocycles. The summed E-state index contributed by atoms with van der Waals surface area (Å²) >= 11 is 0. The van der Waals surface area contributed by atoms with Gasteiger partial charge in [0.15, 0.2) is 0 Å². The topological polar surface area (TPSA) is 55.8 Å². The lowest BCUT2D eigenvalue weighted by atomic mass is 10.0. The van der Waals surface area contributed by atoms with E-state index in [1.165, 1.54) is 12.8 Å². The maximum atomic E-state index is 11.2. The molecule has 2 N–H and O–H groups in total. The van der Waals surface area contributed by atoms with Gasteiger partial charge < -0.3 is 20.2 Å². The number of piperidine rings is 1. The quantitative estimate of drug-likeness (QED) is 0.685. The first-order valence-electron chi connectivity index (χ1n) is 7.39. The molecular weight excluding hydrogens is 242 g/mol. The monoisotopic (exact) mass is 271 g/mol. The third-order valence-electron chi connectivity index (χ3n) is 3.88. The molecule has 0 radical (unpaired) electrons. The molecule has 1 fully saturated rings. The Morgan fingerprint density at radius 3 is 2.84 bits per heavy atom. The number of carbonyl (C=O) groups is 1. The van der Waals surface area contributed by atoms with Gasteiger partial charge in [0, 0.05) is 19.1 Å². The second kappa shape index (κ2) is 8.51. The molecule has 1 rings (SSSR count). The summed E-state index contributed by atoms with van der Waals surface area (Å²) in [5.41, 5.74) is 0. The SMILES string of the molecule is CCCNC(CCN1CCCC(N(C)C)C1)C(=O)O. The van der Waals surface area contributed by atoms with E-state index in [0.29, 0.717) is 12.5 Å². The molecule has 0 aromatic rings. The Balaban J connectivity index is 2.34. The average molecular weight is 271 g/mol. The van der Waals surface area contributed by atoms with Crippen LogP contribution in [-0.2, 0) is 4.79 Å². The standard InChI is InChI=1S/C14H29N3O2/c1-4-8-15-13(14(18)19)7-10-17-9-5-6-12(11-17)16(2)3/h12-13,15H,4-11H2,1-3H3,(H,18,19). The maximum absolute atomic E-state index is 11.2. The number of hydrogen-bond donors (Lipinski definition) is 2. The minimum Gasteiger partial charge on any atom is -0.480 e. The lowest BCUT2D eigenvalue weighted by Crippen LogP contribution is -2.47. The minimum atomic E-state index is -0.727. The lowest BCUT2D eigenvalue weighted by molar-refractivity contribution is -0.139. The summed E-state index contributed by atoms with van der Waals surface area (Å²) in [4.78, 5) is 15.8. The van der Waals surface area contributed by atoms with Crippen molar-refractivity contribution >= 4 is 5.97 Å². The molecule has 1 aliphatic heterocycles. The van der Waals surface area contributed by atoms with Crippen LogP contribution in [-0.4, -0.2) is 73.2 Å². The summed E-state index contributed by atoms with van der Waals surface area (Å²) in [5, 5.41) is 12.3. The van der Waals surface area contributed by atoms with Crippen molar-refractivity contribution < 1.29 is 9.90 Å². The Morgan fingerprint density at radius 2 is 2.26 bits per heavy atom. The Hall–Kier alpha value is -0.650. The largest absolute Gasteiger partial charge is 0.480 e. The highest BCUT2D eigenvalue weighted by Crippen LogP contribution is 2.14. The van der Waals surface area contributed by atoms with E-state index in [2.05, 4.69) is 36.1 Å². The average Bonchev–Trinajstić information content (AvgIpc) is 2.38. The van der Waals surface area contributed by atoms with E-state index in [-0.39, 0.29) is 0 Å². The first-order chi connectivity index (χ1) is 9.04. The van der Waals surface area contributed by atoms with Crippen molar-refractivity contribution in [3.05, 3.63) is 0 Å². The summed E-state index contributed by atoms with van der Waals surface area (Å²) in [5.74, 6) is -0.727. The molecule has 0 spiro atoms. The molecule has 2 atom stereocenters. The second-order valence-electron chi connectivity index (χ2n) is 5.69. The van der Waals surface area contributed by atoms with Crippen LogP contribution in [0.3, 0.4) is 0 Å². The van der Waals surface area contributed by atoms with Crippen molar-refractivity contribution in [2.45, 2.75) is 44.7 Å². The van der Waals surface area contributed by atoms with Crippen molar-refractivity contribution in [2.75, 3.05) is 40.3 Å². The van der Waals surface area contributed by atoms with Gasteiger partial charge in [-0.25, -0.2) is 0 Å². The molecule has 5 heteroatoms. The van der Waals surface area contributed by atoms with Crippen molar-refractivity contribution in [3.8, 4) is 0 Å². The van der Waals surface area contributed by atoms with Crippen LogP contribution in [0.25, 0.3) is 0 Å². The molecule has 0 saturated carbocycles. The van der Waals surface area contributed by atoms with E-state index in [9.17, 15) is 9.90 Å². The van der Waals surface area contributed by atoms with Gasteiger partial charge in [0.25, 0.3) is 0 Å². The van der Waals surface area contributed by atoms with Crippen LogP contribution in [0.2, 0.25) is 0 Å². The zero-order valence-corrected chi connectivity index (χ0v) is 12.6. The van der Waals surface area contributed by atoms with Gasteiger partial charge in [-0.2, -0.15) is 0 Å². The summed E-state index contributed by atoms with van der Waals surface area (Å²) in [6.07, 6.45) is 4.12. The van der Waals surface area contributed by atoms with Gasteiger partial charge in [-0.3, -0.25) is 4.79 Å². The Labute approximate surface area is 117 Å². The predicted octanol–water partition coefficient (Wildman–Crippen LogP) is 0.855. The van der Waals surface area contributed by atoms with Gasteiger partial charge in [-0.05, 0) is 52.9 Å². The highest BCUT2D eigenvalue weighted by Gasteiger charge is 2.23. The van der Waals surface area contributed by atoms with Crippen LogP contribution in [0.5, 0.6) is 0 Å². The fraction of sp³-hybridized carbons (Fsp3) is 0.929. The molecule has 19 heavy (non-hydrogen) atoms. The van der Waals surface area contributed by atoms with Gasteiger partial charge in [0.05, 0.1) is 0 Å². The van der Waals surface area contributed by atoms with Gasteiger partial charge in [0.1, 0.15) is 6.04 Å². The third kappa shape index (κ3) is 5.89. The number of carboxylic acids is 1. The fourth-order valence-corrected chi connectivity index (χ4v) is 2.60. The molecule has 112 valence electrons. The van der Waals surface area contributed by atoms with Crippen LogP contribution >= 0.6 is 0 Å². The number of carboxylic acid groups (broad SMARTS) is 1. The van der Waals surface area contributed by atoms with E-state index in [4.69, 9.17) is 0 Å². The van der Waals surface area contributed by atoms with Crippen LogP contribution in [0, 0.1) is 0 Å². The van der Waals surface area contributed by atoms with Crippen LogP contribution in [0.4, 0.5) is 0 Å². The number of nitrogens with one attached hydrogen (secondary N) is 1. The van der Waals surface area contributed by atoms with Crippen molar-refractivity contribution in [1.82, 2.24) is 15.1 Å². The molecule has 1 aliphatic rings. The normalized spacial score (nSPS) is 22.6. The smallest absolute Gasteiger partial charge is 0.320 e. The molecule has 0 amide bonds. The van der Waals surface area contributed by atoms with Crippen LogP contribution < -0.4 is 5.32 Å². The van der Waals surface area contributed by atoms with Crippen LogP contribution in [0.15, 0.2) is 0 Å². The predicted molar refractivity (Wildman–Crippen MR) is 77.5 cm³/mol. The number of aliphatic carboxylic acids is 1. The first kappa shape index (κ1) is 16.4. The Kier molecular flexibility index (Phi) is 7.34. The van der Waals surface area contributed by atoms with Gasteiger partial charge in [-0.1, -0.05) is 6.92 Å². The van der Waals surface area contributed by atoms with Crippen molar-refractivity contribution in [1.29, 1.82) is 0 Å². The number of likely N-dealkylation sites (N-methyl/N-ethyl adjacent to an activating group) is 1. The fourth-order valence-electron chi connectivity index (χ4n) is 2.60. The number of rotatable bonds is 8. The molecule has 0 aromatic heterocycles. The number of hydrogen-bond acceptors (Lipinski definition) is 4. The second-order valence-corrected chi connectivity index (χ2v) is 5.69. The maximum Gasteiger partial charge on any atom is 0.320 e. The van der Waals surface area contributed by atoms with Gasteiger partial charge in [0.2, 0.25) is 0 Å². The Bertz CT molecular complexity index is 271. The zero-order chi connectivity index (χ0) is 14.3. The minimum absolute atomic E-state index is 0.403. The molecule has 5 nitrogen and oxygen atoms in total. The van der Waals surface area contributed by atoms with Gasteiger partial charge >= 0.3 is 5.97 Å².